The van der Waals surface area contributed by atoms with Crippen LogP contribution >= 0.6 is 11.6 Å². The van der Waals surface area contributed by atoms with E-state index in [1.54, 1.807) is 0 Å². The normalized spacial score (nSPS) is 23.7. The molecule has 1 saturated carbocycles. The quantitative estimate of drug-likeness (QED) is 0.634. The lowest BCUT2D eigenvalue weighted by molar-refractivity contribution is 0.501. The summed E-state index contributed by atoms with van der Waals surface area (Å²) in [6, 6.07) is 0.518. The SMILES string of the molecule is Cc1c(Cl)nc(C(C)C)nc1NC1CCCC(C)CC1. The van der Waals surface area contributed by atoms with E-state index in [2.05, 4.69) is 36.1 Å². The van der Waals surface area contributed by atoms with Gasteiger partial charge >= 0.3 is 0 Å². The smallest absolute Gasteiger partial charge is 0.137 e. The van der Waals surface area contributed by atoms with Crippen molar-refractivity contribution in [3.8, 4) is 0 Å². The summed E-state index contributed by atoms with van der Waals surface area (Å²) in [5.41, 5.74) is 0.966. The minimum atomic E-state index is 0.294. The third kappa shape index (κ3) is 3.85. The molecule has 3 nitrogen and oxygen atoms in total. The second-order valence-corrected chi connectivity index (χ2v) is 6.81. The molecule has 0 aromatic carbocycles. The standard InChI is InChI=1S/C16H26ClN3/c1-10(2)15-19-14(17)12(4)16(20-15)18-13-7-5-6-11(3)8-9-13/h10-11,13H,5-9H2,1-4H3,(H,18,19,20). The first kappa shape index (κ1) is 15.6. The van der Waals surface area contributed by atoms with Crippen LogP contribution in [0.15, 0.2) is 0 Å². The molecule has 0 saturated heterocycles. The second-order valence-electron chi connectivity index (χ2n) is 6.46. The van der Waals surface area contributed by atoms with Gasteiger partial charge in [0.2, 0.25) is 0 Å². The van der Waals surface area contributed by atoms with Crippen molar-refractivity contribution in [2.24, 2.45) is 5.92 Å². The van der Waals surface area contributed by atoms with Crippen LogP contribution in [0.2, 0.25) is 5.15 Å². The second kappa shape index (κ2) is 6.75. The summed E-state index contributed by atoms with van der Waals surface area (Å²) < 4.78 is 0. The third-order valence-corrected chi connectivity index (χ3v) is 4.59. The summed E-state index contributed by atoms with van der Waals surface area (Å²) in [4.78, 5) is 9.04. The van der Waals surface area contributed by atoms with E-state index < -0.39 is 0 Å². The number of halogens is 1. The van der Waals surface area contributed by atoms with Gasteiger partial charge in [-0.05, 0) is 32.1 Å². The van der Waals surface area contributed by atoms with Crippen molar-refractivity contribution in [1.82, 2.24) is 9.97 Å². The van der Waals surface area contributed by atoms with Gasteiger partial charge < -0.3 is 5.32 Å². The Balaban J connectivity index is 2.15. The fourth-order valence-corrected chi connectivity index (χ4v) is 2.91. The average Bonchev–Trinajstić information content (AvgIpc) is 2.59. The molecule has 4 heteroatoms. The van der Waals surface area contributed by atoms with E-state index in [-0.39, 0.29) is 0 Å². The Kier molecular flexibility index (Phi) is 5.25. The number of hydrogen-bond acceptors (Lipinski definition) is 3. The number of hydrogen-bond donors (Lipinski definition) is 1. The summed E-state index contributed by atoms with van der Waals surface area (Å²) in [7, 11) is 0. The predicted molar refractivity (Wildman–Crippen MR) is 85.5 cm³/mol. The molecule has 2 atom stereocenters. The zero-order chi connectivity index (χ0) is 14.7. The third-order valence-electron chi connectivity index (χ3n) is 4.22. The predicted octanol–water partition coefficient (Wildman–Crippen LogP) is 4.94. The largest absolute Gasteiger partial charge is 0.367 e. The van der Waals surface area contributed by atoms with E-state index in [1.165, 1.54) is 32.1 Å². The highest BCUT2D eigenvalue weighted by Gasteiger charge is 2.19. The number of nitrogens with one attached hydrogen (secondary N) is 1. The lowest BCUT2D eigenvalue weighted by atomic mass is 10.0. The van der Waals surface area contributed by atoms with E-state index in [4.69, 9.17) is 11.6 Å². The highest BCUT2D eigenvalue weighted by Crippen LogP contribution is 2.28. The Hall–Kier alpha value is -0.830. The minimum absolute atomic E-state index is 0.294. The molecule has 1 fully saturated rings. The molecule has 0 spiro atoms. The van der Waals surface area contributed by atoms with Gasteiger partial charge in [-0.2, -0.15) is 0 Å². The van der Waals surface area contributed by atoms with E-state index in [0.717, 1.165) is 23.1 Å². The molecule has 1 aromatic rings. The van der Waals surface area contributed by atoms with E-state index in [0.29, 0.717) is 17.1 Å². The van der Waals surface area contributed by atoms with Crippen LogP contribution in [0.5, 0.6) is 0 Å². The molecule has 0 radical (unpaired) electrons. The van der Waals surface area contributed by atoms with Crippen LogP contribution in [0, 0.1) is 12.8 Å². The van der Waals surface area contributed by atoms with Crippen molar-refractivity contribution < 1.29 is 0 Å². The van der Waals surface area contributed by atoms with Crippen molar-refractivity contribution in [3.63, 3.8) is 0 Å². The first-order valence-electron chi connectivity index (χ1n) is 7.78. The molecule has 1 aromatic heterocycles. The van der Waals surface area contributed by atoms with Gasteiger partial charge in [0, 0.05) is 17.5 Å². The first-order valence-corrected chi connectivity index (χ1v) is 8.15. The summed E-state index contributed by atoms with van der Waals surface area (Å²) in [6.45, 7) is 8.54. The van der Waals surface area contributed by atoms with Gasteiger partial charge in [0.25, 0.3) is 0 Å². The maximum atomic E-state index is 6.25. The molecule has 1 N–H and O–H groups in total. The van der Waals surface area contributed by atoms with Crippen molar-refractivity contribution in [2.45, 2.75) is 71.8 Å². The van der Waals surface area contributed by atoms with Crippen LogP contribution in [0.25, 0.3) is 0 Å². The Morgan fingerprint density at radius 2 is 1.90 bits per heavy atom. The first-order chi connectivity index (χ1) is 9.47. The van der Waals surface area contributed by atoms with Crippen LogP contribution in [-0.2, 0) is 0 Å². The number of rotatable bonds is 3. The molecule has 20 heavy (non-hydrogen) atoms. The Bertz CT molecular complexity index is 459. The van der Waals surface area contributed by atoms with Crippen LogP contribution in [0.3, 0.4) is 0 Å². The zero-order valence-corrected chi connectivity index (χ0v) is 13.8. The summed E-state index contributed by atoms with van der Waals surface area (Å²) >= 11 is 6.25. The highest BCUT2D eigenvalue weighted by atomic mass is 35.5. The van der Waals surface area contributed by atoms with Crippen molar-refractivity contribution >= 4 is 17.4 Å². The molecule has 0 bridgehead atoms. The Morgan fingerprint density at radius 1 is 1.15 bits per heavy atom. The molecule has 1 aliphatic rings. The lowest BCUT2D eigenvalue weighted by Crippen LogP contribution is -2.21. The van der Waals surface area contributed by atoms with Crippen LogP contribution in [0.1, 0.15) is 70.2 Å². The van der Waals surface area contributed by atoms with Gasteiger partial charge in [-0.3, -0.25) is 0 Å². The monoisotopic (exact) mass is 295 g/mol. The van der Waals surface area contributed by atoms with Gasteiger partial charge in [-0.25, -0.2) is 9.97 Å². The maximum Gasteiger partial charge on any atom is 0.137 e. The molecule has 0 aliphatic heterocycles. The van der Waals surface area contributed by atoms with E-state index in [9.17, 15) is 0 Å². The molecule has 2 rings (SSSR count). The molecule has 0 amide bonds. The number of nitrogens with zero attached hydrogens (tertiary/aromatic N) is 2. The van der Waals surface area contributed by atoms with E-state index in [1.807, 2.05) is 6.92 Å². The fraction of sp³-hybridized carbons (Fsp3) is 0.750. The molecular weight excluding hydrogens is 270 g/mol. The molecule has 1 heterocycles. The fourth-order valence-electron chi connectivity index (χ4n) is 2.73. The lowest BCUT2D eigenvalue weighted by Gasteiger charge is -2.20. The molecule has 1 aliphatic carbocycles. The van der Waals surface area contributed by atoms with Crippen molar-refractivity contribution in [1.29, 1.82) is 0 Å². The zero-order valence-electron chi connectivity index (χ0n) is 13.0. The summed E-state index contributed by atoms with van der Waals surface area (Å²) in [6.07, 6.45) is 6.39. The van der Waals surface area contributed by atoms with Gasteiger partial charge in [0.1, 0.15) is 16.8 Å². The Morgan fingerprint density at radius 3 is 2.60 bits per heavy atom. The summed E-state index contributed by atoms with van der Waals surface area (Å²) in [5, 5.41) is 4.19. The number of anilines is 1. The molecule has 2 unspecified atom stereocenters. The minimum Gasteiger partial charge on any atom is -0.367 e. The van der Waals surface area contributed by atoms with Crippen LogP contribution in [-0.4, -0.2) is 16.0 Å². The van der Waals surface area contributed by atoms with Gasteiger partial charge in [-0.15, -0.1) is 0 Å². The summed E-state index contributed by atoms with van der Waals surface area (Å²) in [5.74, 6) is 2.89. The van der Waals surface area contributed by atoms with E-state index >= 15 is 0 Å². The van der Waals surface area contributed by atoms with Gasteiger partial charge in [0.15, 0.2) is 0 Å². The highest BCUT2D eigenvalue weighted by molar-refractivity contribution is 6.30. The van der Waals surface area contributed by atoms with Crippen LogP contribution < -0.4 is 5.32 Å². The average molecular weight is 296 g/mol. The van der Waals surface area contributed by atoms with Gasteiger partial charge in [0.05, 0.1) is 0 Å². The maximum absolute atomic E-state index is 6.25. The van der Waals surface area contributed by atoms with Crippen LogP contribution in [0.4, 0.5) is 5.82 Å². The van der Waals surface area contributed by atoms with Crippen molar-refractivity contribution in [3.05, 3.63) is 16.5 Å². The molecular formula is C16H26ClN3. The Labute approximate surface area is 127 Å². The molecule has 112 valence electrons. The topological polar surface area (TPSA) is 37.8 Å². The van der Waals surface area contributed by atoms with Crippen molar-refractivity contribution in [2.75, 3.05) is 5.32 Å². The van der Waals surface area contributed by atoms with Gasteiger partial charge in [-0.1, -0.05) is 45.2 Å². The number of aromatic nitrogens is 2.